The highest BCUT2D eigenvalue weighted by molar-refractivity contribution is 5.83. The number of H-pyrrole nitrogens is 1. The molecule has 38 heavy (non-hydrogen) atoms. The molecule has 2 aromatic heterocycles. The van der Waals surface area contributed by atoms with Crippen molar-refractivity contribution >= 4 is 22.3 Å². The van der Waals surface area contributed by atoms with Gasteiger partial charge >= 0.3 is 0 Å². The number of non-ortho nitro benzene ring substituents is 1. The number of tetrazole rings is 1. The summed E-state index contributed by atoms with van der Waals surface area (Å²) in [6.45, 7) is 7.57. The Balaban J connectivity index is 1.49. The Kier molecular flexibility index (Phi) is 7.16. The molecule has 2 aromatic carbocycles. The first-order valence-electron chi connectivity index (χ1n) is 12.5. The number of hydrogen-bond donors (Lipinski definition) is 1. The number of ether oxygens (including phenoxy) is 1. The second-order valence-electron chi connectivity index (χ2n) is 9.48. The lowest BCUT2D eigenvalue weighted by atomic mass is 9.99. The zero-order valence-electron chi connectivity index (χ0n) is 21.6. The molecule has 1 fully saturated rings. The van der Waals surface area contributed by atoms with E-state index >= 15 is 0 Å². The van der Waals surface area contributed by atoms with Crippen LogP contribution < -0.4 is 10.5 Å². The predicted octanol–water partition coefficient (Wildman–Crippen LogP) is 2.60. The summed E-state index contributed by atoms with van der Waals surface area (Å²) in [6.07, 6.45) is 0. The van der Waals surface area contributed by atoms with Gasteiger partial charge in [0.25, 0.3) is 11.2 Å². The average Bonchev–Trinajstić information content (AvgIpc) is 3.39. The minimum absolute atomic E-state index is 0.0660. The van der Waals surface area contributed by atoms with Crippen molar-refractivity contribution in [3.05, 3.63) is 85.4 Å². The Morgan fingerprint density at radius 3 is 2.53 bits per heavy atom. The van der Waals surface area contributed by atoms with E-state index in [1.165, 1.54) is 12.1 Å². The Morgan fingerprint density at radius 1 is 1.11 bits per heavy atom. The third kappa shape index (κ3) is 4.87. The number of aryl methyl sites for hydroxylation is 2. The molecule has 3 heterocycles. The Hall–Kier alpha value is -4.16. The van der Waals surface area contributed by atoms with E-state index in [2.05, 4.69) is 36.4 Å². The van der Waals surface area contributed by atoms with Gasteiger partial charge in [-0.3, -0.25) is 19.8 Å². The van der Waals surface area contributed by atoms with E-state index in [4.69, 9.17) is 4.74 Å². The van der Waals surface area contributed by atoms with Gasteiger partial charge < -0.3 is 14.6 Å². The van der Waals surface area contributed by atoms with Crippen LogP contribution >= 0.6 is 0 Å². The van der Waals surface area contributed by atoms with Crippen molar-refractivity contribution in [3.8, 4) is 0 Å². The molecule has 0 aliphatic carbocycles. The molecule has 0 unspecified atom stereocenters. The highest BCUT2D eigenvalue weighted by Gasteiger charge is 2.33. The first kappa shape index (κ1) is 25.5. The van der Waals surface area contributed by atoms with E-state index in [0.29, 0.717) is 50.7 Å². The molecule has 1 N–H and O–H groups in total. The number of nitro groups is 1. The van der Waals surface area contributed by atoms with Crippen LogP contribution in [0.3, 0.4) is 0 Å². The Morgan fingerprint density at radius 2 is 1.84 bits per heavy atom. The summed E-state index contributed by atoms with van der Waals surface area (Å²) >= 11 is 0. The third-order valence-corrected chi connectivity index (χ3v) is 7.29. The fraction of sp³-hybridized carbons (Fsp3) is 0.385. The van der Waals surface area contributed by atoms with Crippen molar-refractivity contribution in [2.75, 3.05) is 44.8 Å². The lowest BCUT2D eigenvalue weighted by Gasteiger charge is -2.39. The summed E-state index contributed by atoms with van der Waals surface area (Å²) in [5.74, 6) is 0.583. The highest BCUT2D eigenvalue weighted by Crippen LogP contribution is 2.30. The van der Waals surface area contributed by atoms with Gasteiger partial charge in [0.2, 0.25) is 0 Å². The molecule has 1 saturated heterocycles. The van der Waals surface area contributed by atoms with Gasteiger partial charge in [-0.1, -0.05) is 12.1 Å². The van der Waals surface area contributed by atoms with Gasteiger partial charge in [0.15, 0.2) is 5.82 Å². The smallest absolute Gasteiger partial charge is 0.269 e. The van der Waals surface area contributed by atoms with Gasteiger partial charge in [-0.2, -0.15) is 0 Å². The summed E-state index contributed by atoms with van der Waals surface area (Å²) < 4.78 is 6.94. The zero-order chi connectivity index (χ0) is 26.8. The molecule has 0 bridgehead atoms. The van der Waals surface area contributed by atoms with Crippen molar-refractivity contribution in [2.24, 2.45) is 0 Å². The number of benzene rings is 2. The lowest BCUT2D eigenvalue weighted by molar-refractivity contribution is -0.384. The number of rotatable bonds is 8. The van der Waals surface area contributed by atoms with E-state index in [-0.39, 0.29) is 11.2 Å². The van der Waals surface area contributed by atoms with Crippen molar-refractivity contribution in [1.82, 2.24) is 30.1 Å². The first-order valence-corrected chi connectivity index (χ1v) is 12.5. The van der Waals surface area contributed by atoms with Gasteiger partial charge in [-0.15, -0.1) is 5.10 Å². The molecule has 0 amide bonds. The molecule has 198 valence electrons. The molecule has 4 aromatic rings. The van der Waals surface area contributed by atoms with Crippen molar-refractivity contribution < 1.29 is 9.66 Å². The van der Waals surface area contributed by atoms with Gasteiger partial charge in [-0.25, -0.2) is 4.68 Å². The molecular weight excluding hydrogens is 488 g/mol. The van der Waals surface area contributed by atoms with Gasteiger partial charge in [0, 0.05) is 56.7 Å². The van der Waals surface area contributed by atoms with E-state index in [9.17, 15) is 14.9 Å². The number of pyridine rings is 1. The Labute approximate surface area is 219 Å². The molecule has 12 heteroatoms. The number of hydrogen-bond acceptors (Lipinski definition) is 9. The minimum atomic E-state index is -0.462. The second kappa shape index (κ2) is 10.7. The van der Waals surface area contributed by atoms with Crippen LogP contribution in [-0.4, -0.2) is 74.9 Å². The number of nitrogens with one attached hydrogen (secondary N) is 1. The zero-order valence-corrected chi connectivity index (χ0v) is 21.6. The van der Waals surface area contributed by atoms with Crippen LogP contribution in [0, 0.1) is 24.0 Å². The Bertz CT molecular complexity index is 1510. The summed E-state index contributed by atoms with van der Waals surface area (Å²) in [4.78, 5) is 31.7. The highest BCUT2D eigenvalue weighted by atomic mass is 16.6. The molecule has 1 atom stereocenters. The van der Waals surface area contributed by atoms with Crippen molar-refractivity contribution in [1.29, 1.82) is 0 Å². The van der Waals surface area contributed by atoms with E-state index in [0.717, 1.165) is 27.7 Å². The molecule has 0 saturated carbocycles. The maximum Gasteiger partial charge on any atom is 0.269 e. The van der Waals surface area contributed by atoms with Crippen LogP contribution in [0.5, 0.6) is 0 Å². The number of nitro benzene ring substituents is 1. The van der Waals surface area contributed by atoms with Gasteiger partial charge in [-0.05, 0) is 59.0 Å². The van der Waals surface area contributed by atoms with E-state index < -0.39 is 11.0 Å². The number of piperazine rings is 1. The number of anilines is 1. The molecule has 12 nitrogen and oxygen atoms in total. The standard InChI is InChI=1S/C26H30N8O4/c1-17-4-5-19-16-22(26(35)27-23(19)18(17)2)24(25-28-29-30-33(25)14-15-38-3)32-12-10-31(11-13-32)20-6-8-21(9-7-20)34(36)37/h4-9,16,24H,10-15H2,1-3H3,(H,27,35)/t24-/m1/s1. The monoisotopic (exact) mass is 518 g/mol. The van der Waals surface area contributed by atoms with Crippen LogP contribution in [0.25, 0.3) is 10.9 Å². The first-order chi connectivity index (χ1) is 18.4. The summed E-state index contributed by atoms with van der Waals surface area (Å²) in [5, 5.41) is 24.4. The van der Waals surface area contributed by atoms with Crippen molar-refractivity contribution in [3.63, 3.8) is 0 Å². The fourth-order valence-corrected chi connectivity index (χ4v) is 5.01. The lowest BCUT2D eigenvalue weighted by Crippen LogP contribution is -2.49. The summed E-state index contributed by atoms with van der Waals surface area (Å²) in [5.41, 5.74) is 4.39. The van der Waals surface area contributed by atoms with Crippen LogP contribution in [0.2, 0.25) is 0 Å². The van der Waals surface area contributed by atoms with Gasteiger partial charge in [0.1, 0.15) is 6.04 Å². The number of aromatic amines is 1. The summed E-state index contributed by atoms with van der Waals surface area (Å²) in [7, 11) is 1.62. The SMILES string of the molecule is COCCn1nnnc1[C@@H](c1cc2ccc(C)c(C)c2[nH]c1=O)N1CCN(c2ccc([N+](=O)[O-])cc2)CC1. The fourth-order valence-electron chi connectivity index (χ4n) is 5.01. The maximum atomic E-state index is 13.5. The van der Waals surface area contributed by atoms with E-state index in [1.807, 2.05) is 26.0 Å². The van der Waals surface area contributed by atoms with Crippen LogP contribution in [0.15, 0.2) is 47.3 Å². The molecule has 0 radical (unpaired) electrons. The van der Waals surface area contributed by atoms with Gasteiger partial charge in [0.05, 0.1) is 23.6 Å². The number of aromatic nitrogens is 5. The third-order valence-electron chi connectivity index (χ3n) is 7.29. The molecular formula is C26H30N8O4. The quantitative estimate of drug-likeness (QED) is 0.276. The maximum absolute atomic E-state index is 13.5. The topological polar surface area (TPSA) is 135 Å². The molecule has 0 spiro atoms. The molecule has 1 aliphatic heterocycles. The minimum Gasteiger partial charge on any atom is -0.383 e. The van der Waals surface area contributed by atoms with Crippen molar-refractivity contribution in [2.45, 2.75) is 26.4 Å². The second-order valence-corrected chi connectivity index (χ2v) is 9.48. The summed E-state index contributed by atoms with van der Waals surface area (Å²) in [6, 6.07) is 12.2. The van der Waals surface area contributed by atoms with Crippen LogP contribution in [-0.2, 0) is 11.3 Å². The molecule has 5 rings (SSSR count). The van der Waals surface area contributed by atoms with Crippen LogP contribution in [0.4, 0.5) is 11.4 Å². The number of nitrogens with zero attached hydrogens (tertiary/aromatic N) is 7. The number of fused-ring (bicyclic) bond motifs is 1. The van der Waals surface area contributed by atoms with E-state index in [1.54, 1.807) is 23.9 Å². The average molecular weight is 519 g/mol. The molecule has 1 aliphatic rings. The normalized spacial score (nSPS) is 15.2. The number of methoxy groups -OCH3 is 1. The predicted molar refractivity (Wildman–Crippen MR) is 142 cm³/mol. The largest absolute Gasteiger partial charge is 0.383 e. The van der Waals surface area contributed by atoms with Crippen LogP contribution in [0.1, 0.15) is 28.6 Å².